The van der Waals surface area contributed by atoms with Crippen molar-refractivity contribution in [3.63, 3.8) is 0 Å². The lowest BCUT2D eigenvalue weighted by Gasteiger charge is -2.19. The molecule has 0 amide bonds. The van der Waals surface area contributed by atoms with Gasteiger partial charge in [-0.3, -0.25) is 4.79 Å². The zero-order valence-corrected chi connectivity index (χ0v) is 17.7. The highest BCUT2D eigenvalue weighted by Crippen LogP contribution is 2.40. The molecule has 0 fully saturated rings. The highest BCUT2D eigenvalue weighted by molar-refractivity contribution is 7.99. The highest BCUT2D eigenvalue weighted by atomic mass is 32.2. The van der Waals surface area contributed by atoms with Crippen molar-refractivity contribution < 1.29 is 4.79 Å². The van der Waals surface area contributed by atoms with E-state index in [0.717, 1.165) is 22.8 Å². The number of fused-ring (bicyclic) bond motifs is 1. The maximum atomic E-state index is 13.0. The number of hydrogen-bond acceptors (Lipinski definition) is 7. The number of benzene rings is 2. The fourth-order valence-electron chi connectivity index (χ4n) is 3.54. The fourth-order valence-corrected chi connectivity index (χ4v) is 4.32. The molecule has 2 aromatic carbocycles. The highest BCUT2D eigenvalue weighted by Gasteiger charge is 2.31. The summed E-state index contributed by atoms with van der Waals surface area (Å²) in [5.74, 6) is 1.18. The molecule has 1 aliphatic heterocycles. The van der Waals surface area contributed by atoms with E-state index in [4.69, 9.17) is 0 Å². The van der Waals surface area contributed by atoms with E-state index < -0.39 is 0 Å². The molecule has 0 aliphatic carbocycles. The molecule has 0 N–H and O–H groups in total. The monoisotopic (exact) mass is 416 g/mol. The topological polar surface area (TPSA) is 78.0 Å². The van der Waals surface area contributed by atoms with Gasteiger partial charge < -0.3 is 14.4 Å². The first-order valence-corrected chi connectivity index (χ1v) is 10.3. The molecule has 1 aliphatic rings. The molecule has 8 heteroatoms. The number of ketones is 1. The van der Waals surface area contributed by atoms with Crippen LogP contribution in [0.15, 0.2) is 71.1 Å². The van der Waals surface area contributed by atoms with E-state index in [9.17, 15) is 10.1 Å². The molecule has 0 saturated carbocycles. The molecule has 0 bridgehead atoms. The molecule has 150 valence electrons. The number of thioether (sulfide) groups is 1. The van der Waals surface area contributed by atoms with E-state index in [2.05, 4.69) is 16.3 Å². The molecule has 30 heavy (non-hydrogen) atoms. The first kappa shape index (κ1) is 19.7. The quantitative estimate of drug-likeness (QED) is 0.358. The number of anilines is 2. The van der Waals surface area contributed by atoms with Gasteiger partial charge in [-0.05, 0) is 12.1 Å². The normalized spacial score (nSPS) is 12.7. The van der Waals surface area contributed by atoms with Crippen LogP contribution in [0.25, 0.3) is 11.4 Å². The molecule has 0 radical (unpaired) electrons. The SMILES string of the molecule is CN1C(=C(C#N)C(=O)CSc2nnc(-c3ccccc3)n2C)N(C)c2ccccc21. The lowest BCUT2D eigenvalue weighted by Crippen LogP contribution is -2.26. The summed E-state index contributed by atoms with van der Waals surface area (Å²) in [4.78, 5) is 16.7. The zero-order chi connectivity index (χ0) is 21.3. The molecule has 0 unspecified atom stereocenters. The van der Waals surface area contributed by atoms with Gasteiger partial charge in [-0.15, -0.1) is 10.2 Å². The molecule has 7 nitrogen and oxygen atoms in total. The van der Waals surface area contributed by atoms with Crippen molar-refractivity contribution in [1.29, 1.82) is 5.26 Å². The third-order valence-electron chi connectivity index (χ3n) is 5.05. The minimum absolute atomic E-state index is 0.102. The van der Waals surface area contributed by atoms with E-state index in [1.807, 2.05) is 90.1 Å². The minimum atomic E-state index is -0.242. The molecule has 0 spiro atoms. The van der Waals surface area contributed by atoms with E-state index in [1.54, 1.807) is 0 Å². The van der Waals surface area contributed by atoms with Gasteiger partial charge in [0.1, 0.15) is 17.5 Å². The van der Waals surface area contributed by atoms with Crippen LogP contribution in [0.4, 0.5) is 11.4 Å². The predicted octanol–water partition coefficient (Wildman–Crippen LogP) is 3.46. The average molecular weight is 417 g/mol. The summed E-state index contributed by atoms with van der Waals surface area (Å²) < 4.78 is 1.86. The maximum Gasteiger partial charge on any atom is 0.191 e. The number of nitrogens with zero attached hydrogens (tertiary/aromatic N) is 6. The van der Waals surface area contributed by atoms with Gasteiger partial charge in [-0.25, -0.2) is 0 Å². The van der Waals surface area contributed by atoms with Crippen molar-refractivity contribution >= 4 is 28.9 Å². The van der Waals surface area contributed by atoms with Crippen LogP contribution in [0.5, 0.6) is 0 Å². The number of hydrogen-bond donors (Lipinski definition) is 0. The Morgan fingerprint density at radius 1 is 0.967 bits per heavy atom. The lowest BCUT2D eigenvalue weighted by molar-refractivity contribution is -0.112. The summed E-state index contributed by atoms with van der Waals surface area (Å²) in [6.45, 7) is 0. The minimum Gasteiger partial charge on any atom is -0.328 e. The number of allylic oxidation sites excluding steroid dienone is 1. The summed E-state index contributed by atoms with van der Waals surface area (Å²) in [6.07, 6.45) is 0. The number of Topliss-reactive ketones (excluding diaryl/α,β-unsaturated/α-hetero) is 1. The Hall–Kier alpha value is -3.57. The van der Waals surface area contributed by atoms with Crippen LogP contribution in [0.3, 0.4) is 0 Å². The van der Waals surface area contributed by atoms with Crippen LogP contribution in [0.1, 0.15) is 0 Å². The third-order valence-corrected chi connectivity index (χ3v) is 6.07. The van der Waals surface area contributed by atoms with Gasteiger partial charge in [0.15, 0.2) is 16.8 Å². The van der Waals surface area contributed by atoms with Crippen LogP contribution in [-0.2, 0) is 11.8 Å². The van der Waals surface area contributed by atoms with Crippen LogP contribution in [0, 0.1) is 11.3 Å². The number of aromatic nitrogens is 3. The average Bonchev–Trinajstić information content (AvgIpc) is 3.26. The Kier molecular flexibility index (Phi) is 5.29. The Bertz CT molecular complexity index is 1150. The van der Waals surface area contributed by atoms with Gasteiger partial charge in [0.2, 0.25) is 0 Å². The van der Waals surface area contributed by atoms with Crippen molar-refractivity contribution in [1.82, 2.24) is 14.8 Å². The molecule has 3 aromatic rings. The molecule has 0 atom stereocenters. The molecular formula is C22H20N6OS. The van der Waals surface area contributed by atoms with Crippen molar-refractivity contribution in [2.45, 2.75) is 5.16 Å². The second-order valence-corrected chi connectivity index (χ2v) is 7.80. The van der Waals surface area contributed by atoms with Crippen LogP contribution in [0.2, 0.25) is 0 Å². The summed E-state index contributed by atoms with van der Waals surface area (Å²) in [5, 5.41) is 18.8. The lowest BCUT2D eigenvalue weighted by atomic mass is 10.2. The summed E-state index contributed by atoms with van der Waals surface area (Å²) in [7, 11) is 5.60. The van der Waals surface area contributed by atoms with E-state index in [-0.39, 0.29) is 17.1 Å². The number of nitriles is 1. The van der Waals surface area contributed by atoms with Gasteiger partial charge in [0.05, 0.1) is 17.1 Å². The van der Waals surface area contributed by atoms with Gasteiger partial charge in [-0.1, -0.05) is 54.2 Å². The Morgan fingerprint density at radius 2 is 1.57 bits per heavy atom. The third kappa shape index (κ3) is 3.33. The van der Waals surface area contributed by atoms with Crippen molar-refractivity contribution in [2.24, 2.45) is 7.05 Å². The maximum absolute atomic E-state index is 13.0. The number of para-hydroxylation sites is 2. The smallest absolute Gasteiger partial charge is 0.191 e. The molecular weight excluding hydrogens is 396 g/mol. The Morgan fingerprint density at radius 3 is 2.17 bits per heavy atom. The van der Waals surface area contributed by atoms with E-state index in [1.165, 1.54) is 11.8 Å². The standard InChI is InChI=1S/C22H20N6OS/c1-26-17-11-7-8-12-18(17)27(2)21(26)16(13-23)19(29)14-30-22-25-24-20(28(22)3)15-9-5-4-6-10-15/h4-12H,14H2,1-3H3. The summed E-state index contributed by atoms with van der Waals surface area (Å²) >= 11 is 1.28. The number of rotatable bonds is 5. The Labute approximate surface area is 179 Å². The fraction of sp³-hybridized carbons (Fsp3) is 0.182. The molecule has 1 aromatic heterocycles. The van der Waals surface area contributed by atoms with Crippen molar-refractivity contribution in [3.05, 3.63) is 66.0 Å². The van der Waals surface area contributed by atoms with Gasteiger partial charge >= 0.3 is 0 Å². The van der Waals surface area contributed by atoms with E-state index in [0.29, 0.717) is 11.0 Å². The first-order valence-electron chi connectivity index (χ1n) is 9.34. The summed E-state index contributed by atoms with van der Waals surface area (Å²) in [5.41, 5.74) is 3.01. The predicted molar refractivity (Wildman–Crippen MR) is 118 cm³/mol. The second kappa shape index (κ2) is 8.05. The molecule has 4 rings (SSSR count). The van der Waals surface area contributed by atoms with Crippen LogP contribution < -0.4 is 9.80 Å². The van der Waals surface area contributed by atoms with E-state index >= 15 is 0 Å². The van der Waals surface area contributed by atoms with Gasteiger partial charge in [-0.2, -0.15) is 5.26 Å². The van der Waals surface area contributed by atoms with Crippen molar-refractivity contribution in [3.8, 4) is 17.5 Å². The van der Waals surface area contributed by atoms with Gasteiger partial charge in [0.25, 0.3) is 0 Å². The Balaban J connectivity index is 1.55. The summed E-state index contributed by atoms with van der Waals surface area (Å²) in [6, 6.07) is 19.7. The van der Waals surface area contributed by atoms with Crippen molar-refractivity contribution in [2.75, 3.05) is 29.6 Å². The van der Waals surface area contributed by atoms with Crippen LogP contribution in [-0.4, -0.2) is 40.4 Å². The zero-order valence-electron chi connectivity index (χ0n) is 16.9. The van der Waals surface area contributed by atoms with Gasteiger partial charge in [0, 0.05) is 26.7 Å². The molecule has 2 heterocycles. The second-order valence-electron chi connectivity index (χ2n) is 6.86. The molecule has 0 saturated heterocycles. The van der Waals surface area contributed by atoms with Crippen LogP contribution >= 0.6 is 11.8 Å². The number of carbonyl (C=O) groups is 1. The number of carbonyl (C=O) groups excluding carboxylic acids is 1. The largest absolute Gasteiger partial charge is 0.328 e. The first-order chi connectivity index (χ1) is 14.5.